The molecule has 0 aromatic carbocycles. The van der Waals surface area contributed by atoms with Gasteiger partial charge in [0.2, 0.25) is 0 Å². The van der Waals surface area contributed by atoms with Crippen LogP contribution in [0.2, 0.25) is 0 Å². The van der Waals surface area contributed by atoms with Gasteiger partial charge in [-0.3, -0.25) is 4.79 Å². The van der Waals surface area contributed by atoms with Crippen molar-refractivity contribution >= 4 is 17.4 Å². The van der Waals surface area contributed by atoms with Crippen molar-refractivity contribution in [1.82, 2.24) is 14.5 Å². The Morgan fingerprint density at radius 2 is 2.38 bits per heavy atom. The lowest BCUT2D eigenvalue weighted by Crippen LogP contribution is -2.36. The zero-order chi connectivity index (χ0) is 12.1. The molecular weight excluding hydrogens is 230 g/mol. The number of aromatic nitrogens is 2. The van der Waals surface area contributed by atoms with Gasteiger partial charge in [0.25, 0.3) is 5.91 Å². The number of carbonyl (C=O) groups is 1. The van der Waals surface area contributed by atoms with Crippen molar-refractivity contribution in [3.8, 4) is 0 Å². The normalized spacial score (nSPS) is 12.5. The van der Waals surface area contributed by atoms with Crippen molar-refractivity contribution in [3.05, 3.63) is 10.6 Å². The van der Waals surface area contributed by atoms with Crippen LogP contribution in [-0.2, 0) is 4.74 Å². The molecule has 1 unspecified atom stereocenters. The summed E-state index contributed by atoms with van der Waals surface area (Å²) >= 11 is 1.06. The number of rotatable bonds is 5. The quantitative estimate of drug-likeness (QED) is 0.785. The topological polar surface area (TPSA) is 75.6 Å². The minimum Gasteiger partial charge on any atom is -0.389 e. The fourth-order valence-corrected chi connectivity index (χ4v) is 1.90. The second-order valence-corrected chi connectivity index (χ2v) is 4.24. The van der Waals surface area contributed by atoms with Gasteiger partial charge in [0, 0.05) is 20.7 Å². The Hall–Kier alpha value is -1.05. The number of aliphatic hydroxyl groups excluding tert-OH is 1. The minimum atomic E-state index is -0.680. The van der Waals surface area contributed by atoms with Gasteiger partial charge in [-0.25, -0.2) is 0 Å². The second kappa shape index (κ2) is 5.88. The predicted molar refractivity (Wildman–Crippen MR) is 59.5 cm³/mol. The van der Waals surface area contributed by atoms with E-state index < -0.39 is 6.10 Å². The summed E-state index contributed by atoms with van der Waals surface area (Å²) in [4.78, 5) is 13.8. The summed E-state index contributed by atoms with van der Waals surface area (Å²) in [5, 5.41) is 13.3. The molecule has 1 rings (SSSR count). The number of carbonyl (C=O) groups excluding carboxylic acids is 1. The molecule has 0 saturated heterocycles. The highest BCUT2D eigenvalue weighted by atomic mass is 32.1. The fourth-order valence-electron chi connectivity index (χ4n) is 1.25. The maximum Gasteiger partial charge on any atom is 0.267 e. The molecule has 0 aliphatic carbocycles. The number of ether oxygens (including phenoxy) is 1. The van der Waals surface area contributed by atoms with E-state index in [2.05, 4.69) is 9.59 Å². The number of methoxy groups -OCH3 is 1. The summed E-state index contributed by atoms with van der Waals surface area (Å²) in [6.07, 6.45) is -0.680. The maximum atomic E-state index is 11.9. The molecule has 90 valence electrons. The number of aliphatic hydroxyl groups is 1. The molecular formula is C9H15N3O3S. The predicted octanol–water partition coefficient (Wildman–Crippen LogP) is -0.0742. The van der Waals surface area contributed by atoms with Gasteiger partial charge in [0.1, 0.15) is 4.88 Å². The van der Waals surface area contributed by atoms with Crippen LogP contribution in [0, 0.1) is 6.92 Å². The lowest BCUT2D eigenvalue weighted by Gasteiger charge is -2.19. The van der Waals surface area contributed by atoms with Gasteiger partial charge in [0.05, 0.1) is 18.4 Å². The van der Waals surface area contributed by atoms with Crippen LogP contribution in [0.15, 0.2) is 0 Å². The highest BCUT2D eigenvalue weighted by Gasteiger charge is 2.19. The lowest BCUT2D eigenvalue weighted by molar-refractivity contribution is 0.0382. The summed E-state index contributed by atoms with van der Waals surface area (Å²) in [6.45, 7) is 2.16. The third kappa shape index (κ3) is 3.22. The molecule has 16 heavy (non-hydrogen) atoms. The molecule has 1 aromatic heterocycles. The van der Waals surface area contributed by atoms with E-state index in [-0.39, 0.29) is 19.1 Å². The monoisotopic (exact) mass is 245 g/mol. The van der Waals surface area contributed by atoms with E-state index in [1.807, 2.05) is 0 Å². The molecule has 1 amide bonds. The molecule has 6 nitrogen and oxygen atoms in total. The fraction of sp³-hybridized carbons (Fsp3) is 0.667. The highest BCUT2D eigenvalue weighted by molar-refractivity contribution is 7.07. The van der Waals surface area contributed by atoms with Crippen molar-refractivity contribution in [2.24, 2.45) is 0 Å². The number of hydrogen-bond acceptors (Lipinski definition) is 6. The summed E-state index contributed by atoms with van der Waals surface area (Å²) in [7, 11) is 3.13. The lowest BCUT2D eigenvalue weighted by atomic mass is 10.3. The first-order chi connectivity index (χ1) is 7.56. The van der Waals surface area contributed by atoms with Crippen molar-refractivity contribution in [1.29, 1.82) is 0 Å². The number of likely N-dealkylation sites (N-methyl/N-ethyl adjacent to an activating group) is 1. The van der Waals surface area contributed by atoms with Crippen LogP contribution >= 0.6 is 11.5 Å². The van der Waals surface area contributed by atoms with Gasteiger partial charge in [-0.05, 0) is 18.5 Å². The first-order valence-corrected chi connectivity index (χ1v) is 5.55. The molecule has 0 aliphatic heterocycles. The van der Waals surface area contributed by atoms with Crippen molar-refractivity contribution in [2.75, 3.05) is 27.3 Å². The minimum absolute atomic E-state index is 0.178. The molecule has 0 fully saturated rings. The zero-order valence-corrected chi connectivity index (χ0v) is 10.3. The Kier molecular flexibility index (Phi) is 4.78. The zero-order valence-electron chi connectivity index (χ0n) is 9.51. The van der Waals surface area contributed by atoms with E-state index in [0.717, 1.165) is 11.5 Å². The molecule has 1 N–H and O–H groups in total. The van der Waals surface area contributed by atoms with Gasteiger partial charge in [-0.15, -0.1) is 5.10 Å². The number of hydrogen-bond donors (Lipinski definition) is 1. The summed E-state index contributed by atoms with van der Waals surface area (Å²) < 4.78 is 8.49. The number of nitrogens with zero attached hydrogens (tertiary/aromatic N) is 3. The summed E-state index contributed by atoms with van der Waals surface area (Å²) in [6, 6.07) is 0. The maximum absolute atomic E-state index is 11.9. The molecule has 0 bridgehead atoms. The molecule has 0 aliphatic rings. The van der Waals surface area contributed by atoms with Crippen LogP contribution in [-0.4, -0.2) is 58.9 Å². The SMILES string of the molecule is COCC(O)CN(C)C(=O)c1snnc1C. The highest BCUT2D eigenvalue weighted by Crippen LogP contribution is 2.11. The number of aryl methyl sites for hydroxylation is 1. The second-order valence-electron chi connectivity index (χ2n) is 3.48. The van der Waals surface area contributed by atoms with Crippen molar-refractivity contribution < 1.29 is 14.6 Å². The van der Waals surface area contributed by atoms with Crippen LogP contribution in [0.3, 0.4) is 0 Å². The average molecular weight is 245 g/mol. The summed E-state index contributed by atoms with van der Waals surface area (Å²) in [5.41, 5.74) is 0.614. The van der Waals surface area contributed by atoms with Crippen LogP contribution in [0.4, 0.5) is 0 Å². The molecule has 0 saturated carbocycles. The molecule has 1 heterocycles. The summed E-state index contributed by atoms with van der Waals surface area (Å²) in [5.74, 6) is -0.178. The number of amides is 1. The van der Waals surface area contributed by atoms with E-state index in [9.17, 15) is 9.90 Å². The van der Waals surface area contributed by atoms with Gasteiger partial charge in [0.15, 0.2) is 0 Å². The van der Waals surface area contributed by atoms with Gasteiger partial charge < -0.3 is 14.7 Å². The standard InChI is InChI=1S/C9H15N3O3S/c1-6-8(16-11-10-6)9(14)12(2)4-7(13)5-15-3/h7,13H,4-5H2,1-3H3. The molecule has 7 heteroatoms. The van der Waals surface area contributed by atoms with Crippen molar-refractivity contribution in [2.45, 2.75) is 13.0 Å². The first-order valence-electron chi connectivity index (χ1n) is 4.77. The van der Waals surface area contributed by atoms with Crippen LogP contribution < -0.4 is 0 Å². The Bertz CT molecular complexity index is 356. The van der Waals surface area contributed by atoms with E-state index in [0.29, 0.717) is 10.6 Å². The third-order valence-corrected chi connectivity index (χ3v) is 2.85. The smallest absolute Gasteiger partial charge is 0.267 e. The van der Waals surface area contributed by atoms with E-state index in [4.69, 9.17) is 4.74 Å². The van der Waals surface area contributed by atoms with E-state index in [1.54, 1.807) is 14.0 Å². The van der Waals surface area contributed by atoms with Crippen LogP contribution in [0.25, 0.3) is 0 Å². The average Bonchev–Trinajstić information content (AvgIpc) is 2.63. The Balaban J connectivity index is 2.58. The van der Waals surface area contributed by atoms with Gasteiger partial charge >= 0.3 is 0 Å². The van der Waals surface area contributed by atoms with Gasteiger partial charge in [-0.1, -0.05) is 4.49 Å². The Morgan fingerprint density at radius 1 is 1.69 bits per heavy atom. The Morgan fingerprint density at radius 3 is 2.88 bits per heavy atom. The van der Waals surface area contributed by atoms with Gasteiger partial charge in [-0.2, -0.15) is 0 Å². The molecule has 1 atom stereocenters. The first kappa shape index (κ1) is 13.0. The molecule has 1 aromatic rings. The Labute approximate surface area is 98.0 Å². The van der Waals surface area contributed by atoms with E-state index >= 15 is 0 Å². The molecule has 0 radical (unpaired) electrons. The largest absolute Gasteiger partial charge is 0.389 e. The third-order valence-electron chi connectivity index (χ3n) is 2.04. The van der Waals surface area contributed by atoms with Crippen molar-refractivity contribution in [3.63, 3.8) is 0 Å². The molecule has 0 spiro atoms. The van der Waals surface area contributed by atoms with E-state index in [1.165, 1.54) is 12.0 Å². The van der Waals surface area contributed by atoms with Crippen LogP contribution in [0.5, 0.6) is 0 Å². The van der Waals surface area contributed by atoms with Crippen LogP contribution in [0.1, 0.15) is 15.4 Å².